The Labute approximate surface area is 114 Å². The van der Waals surface area contributed by atoms with E-state index in [1.54, 1.807) is 0 Å². The summed E-state index contributed by atoms with van der Waals surface area (Å²) in [7, 11) is 0. The predicted molar refractivity (Wildman–Crippen MR) is 74.8 cm³/mol. The van der Waals surface area contributed by atoms with Gasteiger partial charge in [0.1, 0.15) is 13.2 Å². The molecule has 0 radical (unpaired) electrons. The van der Waals surface area contributed by atoms with Crippen molar-refractivity contribution in [1.29, 1.82) is 0 Å². The molecule has 19 heavy (non-hydrogen) atoms. The highest BCUT2D eigenvalue weighted by Gasteiger charge is 2.11. The van der Waals surface area contributed by atoms with Crippen LogP contribution in [0.5, 0.6) is 11.5 Å². The van der Waals surface area contributed by atoms with Gasteiger partial charge >= 0.3 is 0 Å². The molecule has 0 aromatic heterocycles. The summed E-state index contributed by atoms with van der Waals surface area (Å²) in [5, 5.41) is 3.33. The highest BCUT2D eigenvalue weighted by Crippen LogP contribution is 2.30. The van der Waals surface area contributed by atoms with E-state index >= 15 is 0 Å². The Hall–Kier alpha value is -1.52. The second-order valence-corrected chi connectivity index (χ2v) is 4.66. The number of hydrogen-bond acceptors (Lipinski definition) is 4. The summed E-state index contributed by atoms with van der Waals surface area (Å²) in [5.74, 6) is 1.67. The first kappa shape index (κ1) is 13.9. The molecule has 1 heterocycles. The van der Waals surface area contributed by atoms with Crippen LogP contribution in [0, 0.1) is 0 Å². The zero-order valence-corrected chi connectivity index (χ0v) is 11.4. The maximum atomic E-state index is 5.55. The van der Waals surface area contributed by atoms with E-state index in [2.05, 4.69) is 18.0 Å². The molecule has 104 valence electrons. The van der Waals surface area contributed by atoms with E-state index in [1.807, 2.05) is 19.1 Å². The normalized spacial score (nSPS) is 13.3. The average Bonchev–Trinajstić information content (AvgIpc) is 2.42. The summed E-state index contributed by atoms with van der Waals surface area (Å²) < 4.78 is 16.4. The average molecular weight is 263 g/mol. The van der Waals surface area contributed by atoms with E-state index in [-0.39, 0.29) is 0 Å². The summed E-state index contributed by atoms with van der Waals surface area (Å²) in [6, 6.07) is 6.04. The number of nitrogens with one attached hydrogen (secondary N) is 1. The van der Waals surface area contributed by atoms with Crippen LogP contribution in [0.15, 0.2) is 30.4 Å². The first-order valence-electron chi connectivity index (χ1n) is 6.57. The maximum Gasteiger partial charge on any atom is 0.161 e. The largest absolute Gasteiger partial charge is 0.486 e. The second-order valence-electron chi connectivity index (χ2n) is 4.66. The van der Waals surface area contributed by atoms with Gasteiger partial charge in [-0.25, -0.2) is 0 Å². The van der Waals surface area contributed by atoms with E-state index in [9.17, 15) is 0 Å². The molecule has 1 aliphatic heterocycles. The zero-order valence-electron chi connectivity index (χ0n) is 11.4. The SMILES string of the molecule is C=C(C)COCCNCc1ccc2c(c1)OCCO2. The van der Waals surface area contributed by atoms with Gasteiger partial charge in [0, 0.05) is 13.1 Å². The molecule has 0 spiro atoms. The Morgan fingerprint density at radius 1 is 1.32 bits per heavy atom. The van der Waals surface area contributed by atoms with Crippen LogP contribution in [0.3, 0.4) is 0 Å². The number of fused-ring (bicyclic) bond motifs is 1. The number of hydrogen-bond donors (Lipinski definition) is 1. The molecule has 1 N–H and O–H groups in total. The lowest BCUT2D eigenvalue weighted by Gasteiger charge is -2.19. The fraction of sp³-hybridized carbons (Fsp3) is 0.467. The van der Waals surface area contributed by atoms with Crippen LogP contribution in [0.25, 0.3) is 0 Å². The minimum atomic E-state index is 0.624. The first-order valence-corrected chi connectivity index (χ1v) is 6.57. The smallest absolute Gasteiger partial charge is 0.161 e. The zero-order chi connectivity index (χ0) is 13.5. The van der Waals surface area contributed by atoms with Crippen molar-refractivity contribution in [1.82, 2.24) is 5.32 Å². The summed E-state index contributed by atoms with van der Waals surface area (Å²) in [6.45, 7) is 9.95. The van der Waals surface area contributed by atoms with Crippen LogP contribution in [0.1, 0.15) is 12.5 Å². The maximum absolute atomic E-state index is 5.55. The van der Waals surface area contributed by atoms with E-state index in [0.717, 1.165) is 30.2 Å². The molecule has 1 aromatic rings. The van der Waals surface area contributed by atoms with Crippen molar-refractivity contribution in [3.63, 3.8) is 0 Å². The van der Waals surface area contributed by atoms with Gasteiger partial charge in [-0.05, 0) is 24.6 Å². The summed E-state index contributed by atoms with van der Waals surface area (Å²) in [5.41, 5.74) is 2.23. The third kappa shape index (κ3) is 4.58. The predicted octanol–water partition coefficient (Wildman–Crippen LogP) is 2.14. The van der Waals surface area contributed by atoms with Crippen LogP contribution in [0.2, 0.25) is 0 Å². The molecule has 0 aliphatic carbocycles. The van der Waals surface area contributed by atoms with Gasteiger partial charge < -0.3 is 19.5 Å². The highest BCUT2D eigenvalue weighted by molar-refractivity contribution is 5.43. The van der Waals surface area contributed by atoms with Gasteiger partial charge in [-0.15, -0.1) is 0 Å². The monoisotopic (exact) mass is 263 g/mol. The minimum absolute atomic E-state index is 0.624. The van der Waals surface area contributed by atoms with Gasteiger partial charge in [0.25, 0.3) is 0 Å². The highest BCUT2D eigenvalue weighted by atomic mass is 16.6. The molecule has 4 heteroatoms. The van der Waals surface area contributed by atoms with Crippen LogP contribution in [-0.2, 0) is 11.3 Å². The quantitative estimate of drug-likeness (QED) is 0.604. The van der Waals surface area contributed by atoms with Gasteiger partial charge in [0.05, 0.1) is 13.2 Å². The molecule has 1 aliphatic rings. The molecular formula is C15H21NO3. The van der Waals surface area contributed by atoms with Gasteiger partial charge in [0.2, 0.25) is 0 Å². The molecule has 0 bridgehead atoms. The molecule has 0 atom stereocenters. The third-order valence-corrected chi connectivity index (χ3v) is 2.71. The molecule has 1 aromatic carbocycles. The Morgan fingerprint density at radius 3 is 2.89 bits per heavy atom. The molecule has 2 rings (SSSR count). The lowest BCUT2D eigenvalue weighted by atomic mass is 10.2. The lowest BCUT2D eigenvalue weighted by Crippen LogP contribution is -2.20. The molecule has 0 saturated carbocycles. The van der Waals surface area contributed by atoms with Crippen molar-refractivity contribution < 1.29 is 14.2 Å². The number of benzene rings is 1. The lowest BCUT2D eigenvalue weighted by molar-refractivity contribution is 0.157. The van der Waals surface area contributed by atoms with Crippen molar-refractivity contribution in [3.05, 3.63) is 35.9 Å². The van der Waals surface area contributed by atoms with E-state index < -0.39 is 0 Å². The van der Waals surface area contributed by atoms with Crippen molar-refractivity contribution in [2.75, 3.05) is 33.0 Å². The van der Waals surface area contributed by atoms with Crippen LogP contribution >= 0.6 is 0 Å². The summed E-state index contributed by atoms with van der Waals surface area (Å²) >= 11 is 0. The van der Waals surface area contributed by atoms with Gasteiger partial charge in [-0.3, -0.25) is 0 Å². The van der Waals surface area contributed by atoms with E-state index in [1.165, 1.54) is 5.56 Å². The second kappa shape index (κ2) is 7.16. The van der Waals surface area contributed by atoms with Gasteiger partial charge in [-0.2, -0.15) is 0 Å². The number of rotatable bonds is 7. The van der Waals surface area contributed by atoms with Crippen molar-refractivity contribution in [3.8, 4) is 11.5 Å². The van der Waals surface area contributed by atoms with E-state index in [4.69, 9.17) is 14.2 Å². The Balaban J connectivity index is 1.70. The molecule has 4 nitrogen and oxygen atoms in total. The van der Waals surface area contributed by atoms with Crippen molar-refractivity contribution in [2.45, 2.75) is 13.5 Å². The number of ether oxygens (including phenoxy) is 3. The van der Waals surface area contributed by atoms with Gasteiger partial charge in [0.15, 0.2) is 11.5 Å². The Kier molecular flexibility index (Phi) is 5.24. The third-order valence-electron chi connectivity index (χ3n) is 2.71. The topological polar surface area (TPSA) is 39.7 Å². The minimum Gasteiger partial charge on any atom is -0.486 e. The summed E-state index contributed by atoms with van der Waals surface area (Å²) in [4.78, 5) is 0. The Bertz CT molecular complexity index is 431. The van der Waals surface area contributed by atoms with Crippen LogP contribution in [-0.4, -0.2) is 33.0 Å². The fourth-order valence-corrected chi connectivity index (χ4v) is 1.82. The molecule has 0 saturated heterocycles. The molecular weight excluding hydrogens is 242 g/mol. The fourth-order valence-electron chi connectivity index (χ4n) is 1.82. The molecule has 0 fully saturated rings. The van der Waals surface area contributed by atoms with Gasteiger partial charge in [-0.1, -0.05) is 18.2 Å². The van der Waals surface area contributed by atoms with Crippen LogP contribution < -0.4 is 14.8 Å². The summed E-state index contributed by atoms with van der Waals surface area (Å²) in [6.07, 6.45) is 0. The van der Waals surface area contributed by atoms with E-state index in [0.29, 0.717) is 26.4 Å². The first-order chi connectivity index (χ1) is 9.25. The molecule has 0 unspecified atom stereocenters. The van der Waals surface area contributed by atoms with Crippen LogP contribution in [0.4, 0.5) is 0 Å². The standard InChI is InChI=1S/C15H21NO3/c1-12(2)11-17-6-5-16-10-13-3-4-14-15(9-13)19-8-7-18-14/h3-4,9,16H,1,5-8,10-11H2,2H3. The Morgan fingerprint density at radius 2 is 2.11 bits per heavy atom. The van der Waals surface area contributed by atoms with Crippen molar-refractivity contribution >= 4 is 0 Å². The van der Waals surface area contributed by atoms with Crippen molar-refractivity contribution in [2.24, 2.45) is 0 Å². The molecule has 0 amide bonds.